The first-order valence-corrected chi connectivity index (χ1v) is 3.97. The third-order valence-electron chi connectivity index (χ3n) is 1.33. The Hall–Kier alpha value is 0.310. The molecule has 1 saturated heterocycles. The fourth-order valence-electron chi connectivity index (χ4n) is 0.907. The van der Waals surface area contributed by atoms with Gasteiger partial charge in [-0.15, -0.1) is 0 Å². The molecule has 1 radical (unpaired) electrons. The van der Waals surface area contributed by atoms with E-state index in [0.29, 0.717) is 0 Å². The number of hydrogen-bond donors (Lipinski definition) is 0. The summed E-state index contributed by atoms with van der Waals surface area (Å²) >= 11 is 2.00. The van der Waals surface area contributed by atoms with Crippen molar-refractivity contribution in [2.24, 2.45) is 0 Å². The molecular formula is C6H11OS. The lowest BCUT2D eigenvalue weighted by Gasteiger charge is -2.03. The highest BCUT2D eigenvalue weighted by Crippen LogP contribution is 2.25. The fourth-order valence-corrected chi connectivity index (χ4v) is 2.10. The minimum Gasteiger partial charge on any atom is -0.378 e. The van der Waals surface area contributed by atoms with Gasteiger partial charge in [0.15, 0.2) is 0 Å². The molecule has 0 N–H and O–H groups in total. The molecule has 1 rings (SSSR count). The van der Waals surface area contributed by atoms with Crippen molar-refractivity contribution in [3.63, 3.8) is 0 Å². The second kappa shape index (κ2) is 3.36. The molecule has 0 aliphatic carbocycles. The van der Waals surface area contributed by atoms with Crippen molar-refractivity contribution in [1.29, 1.82) is 0 Å². The van der Waals surface area contributed by atoms with Crippen LogP contribution >= 0.6 is 11.8 Å². The molecule has 0 aromatic rings. The van der Waals surface area contributed by atoms with Crippen LogP contribution in [0, 0.1) is 7.11 Å². The highest BCUT2D eigenvalue weighted by atomic mass is 32.2. The first kappa shape index (κ1) is 6.43. The average molecular weight is 131 g/mol. The van der Waals surface area contributed by atoms with Crippen molar-refractivity contribution in [1.82, 2.24) is 0 Å². The molecule has 1 nitrogen and oxygen atoms in total. The van der Waals surface area contributed by atoms with Crippen molar-refractivity contribution in [2.45, 2.75) is 18.1 Å². The molecule has 0 saturated carbocycles. The van der Waals surface area contributed by atoms with Crippen LogP contribution in [0.1, 0.15) is 12.8 Å². The molecule has 1 heterocycles. The molecule has 1 unspecified atom stereocenters. The van der Waals surface area contributed by atoms with Gasteiger partial charge in [0.25, 0.3) is 0 Å². The van der Waals surface area contributed by atoms with Crippen LogP contribution in [0.2, 0.25) is 0 Å². The van der Waals surface area contributed by atoms with E-state index in [0.717, 1.165) is 11.9 Å². The van der Waals surface area contributed by atoms with Gasteiger partial charge < -0.3 is 4.74 Å². The van der Waals surface area contributed by atoms with Crippen LogP contribution < -0.4 is 0 Å². The van der Waals surface area contributed by atoms with E-state index in [1.165, 1.54) is 18.6 Å². The standard InChI is InChI=1S/C6H11OS/c1-7-5-6-3-2-4-8-6/h6H,1-5H2. The SMILES string of the molecule is [CH2]OCC1CCCS1. The van der Waals surface area contributed by atoms with Crippen molar-refractivity contribution in [3.05, 3.63) is 7.11 Å². The monoisotopic (exact) mass is 131 g/mol. The van der Waals surface area contributed by atoms with Gasteiger partial charge in [-0.3, -0.25) is 0 Å². The quantitative estimate of drug-likeness (QED) is 0.564. The summed E-state index contributed by atoms with van der Waals surface area (Å²) in [5, 5.41) is 0.743. The molecule has 2 heteroatoms. The van der Waals surface area contributed by atoms with Gasteiger partial charge >= 0.3 is 0 Å². The van der Waals surface area contributed by atoms with E-state index in [1.807, 2.05) is 11.8 Å². The Bertz CT molecular complexity index is 59.5. The maximum atomic E-state index is 4.75. The molecular weight excluding hydrogens is 120 g/mol. The predicted molar refractivity (Wildman–Crippen MR) is 36.8 cm³/mol. The van der Waals surface area contributed by atoms with Gasteiger partial charge in [0.2, 0.25) is 0 Å². The van der Waals surface area contributed by atoms with Gasteiger partial charge in [-0.1, -0.05) is 0 Å². The van der Waals surface area contributed by atoms with Gasteiger partial charge in [0, 0.05) is 5.25 Å². The van der Waals surface area contributed by atoms with Crippen LogP contribution in [0.4, 0.5) is 0 Å². The molecule has 0 aromatic heterocycles. The third kappa shape index (κ3) is 1.67. The predicted octanol–water partition coefficient (Wildman–Crippen LogP) is 1.69. The summed E-state index contributed by atoms with van der Waals surface area (Å²) < 4.78 is 4.75. The number of thioether (sulfide) groups is 1. The van der Waals surface area contributed by atoms with E-state index in [1.54, 1.807) is 0 Å². The summed E-state index contributed by atoms with van der Waals surface area (Å²) in [4.78, 5) is 0. The van der Waals surface area contributed by atoms with Crippen LogP contribution in [0.25, 0.3) is 0 Å². The fraction of sp³-hybridized carbons (Fsp3) is 0.833. The Morgan fingerprint density at radius 3 is 3.12 bits per heavy atom. The van der Waals surface area contributed by atoms with Gasteiger partial charge in [-0.05, 0) is 18.6 Å². The smallest absolute Gasteiger partial charge is 0.0701 e. The Kier molecular flexibility index (Phi) is 2.70. The highest BCUT2D eigenvalue weighted by Gasteiger charge is 2.13. The second-order valence-electron chi connectivity index (χ2n) is 2.01. The van der Waals surface area contributed by atoms with Crippen molar-refractivity contribution >= 4 is 11.8 Å². The van der Waals surface area contributed by atoms with Crippen molar-refractivity contribution < 1.29 is 4.74 Å². The zero-order valence-electron chi connectivity index (χ0n) is 4.93. The Balaban J connectivity index is 2.06. The maximum absolute atomic E-state index is 4.75. The summed E-state index contributed by atoms with van der Waals surface area (Å²) in [6.45, 7) is 0.838. The number of rotatable bonds is 2. The molecule has 1 atom stereocenters. The Morgan fingerprint density at radius 2 is 2.62 bits per heavy atom. The topological polar surface area (TPSA) is 9.23 Å². The lowest BCUT2D eigenvalue weighted by molar-refractivity contribution is 0.241. The molecule has 0 bridgehead atoms. The summed E-state index contributed by atoms with van der Waals surface area (Å²) in [5.74, 6) is 1.31. The molecule has 0 amide bonds. The minimum absolute atomic E-state index is 0.743. The lowest BCUT2D eigenvalue weighted by atomic mass is 10.3. The first-order valence-electron chi connectivity index (χ1n) is 2.92. The van der Waals surface area contributed by atoms with Crippen LogP contribution in [-0.4, -0.2) is 17.6 Å². The molecule has 47 valence electrons. The van der Waals surface area contributed by atoms with E-state index in [4.69, 9.17) is 4.74 Å². The van der Waals surface area contributed by atoms with E-state index in [2.05, 4.69) is 7.11 Å². The molecule has 1 aliphatic heterocycles. The Labute approximate surface area is 54.8 Å². The second-order valence-corrected chi connectivity index (χ2v) is 3.41. The van der Waals surface area contributed by atoms with Crippen LogP contribution in [-0.2, 0) is 4.74 Å². The summed E-state index contributed by atoms with van der Waals surface area (Å²) in [7, 11) is 3.34. The maximum Gasteiger partial charge on any atom is 0.0701 e. The zero-order chi connectivity index (χ0) is 5.82. The highest BCUT2D eigenvalue weighted by molar-refractivity contribution is 8.00. The van der Waals surface area contributed by atoms with E-state index < -0.39 is 0 Å². The van der Waals surface area contributed by atoms with Gasteiger partial charge in [0.05, 0.1) is 13.7 Å². The third-order valence-corrected chi connectivity index (χ3v) is 2.70. The van der Waals surface area contributed by atoms with Gasteiger partial charge in [0.1, 0.15) is 0 Å². The van der Waals surface area contributed by atoms with E-state index in [-0.39, 0.29) is 0 Å². The lowest BCUT2D eigenvalue weighted by Crippen LogP contribution is -2.03. The number of ether oxygens (including phenoxy) is 1. The Morgan fingerprint density at radius 1 is 1.75 bits per heavy atom. The first-order chi connectivity index (χ1) is 3.93. The zero-order valence-corrected chi connectivity index (χ0v) is 5.75. The van der Waals surface area contributed by atoms with Crippen molar-refractivity contribution in [2.75, 3.05) is 12.4 Å². The summed E-state index contributed by atoms with van der Waals surface area (Å²) in [6.07, 6.45) is 2.68. The van der Waals surface area contributed by atoms with Gasteiger partial charge in [-0.2, -0.15) is 11.8 Å². The molecule has 0 spiro atoms. The van der Waals surface area contributed by atoms with E-state index in [9.17, 15) is 0 Å². The summed E-state index contributed by atoms with van der Waals surface area (Å²) in [5.41, 5.74) is 0. The molecule has 1 fully saturated rings. The van der Waals surface area contributed by atoms with Crippen LogP contribution in [0.5, 0.6) is 0 Å². The average Bonchev–Trinajstić information content (AvgIpc) is 2.19. The molecule has 1 aliphatic rings. The molecule has 0 aromatic carbocycles. The minimum atomic E-state index is 0.743. The van der Waals surface area contributed by atoms with Crippen LogP contribution in [0.3, 0.4) is 0 Å². The van der Waals surface area contributed by atoms with Crippen LogP contribution in [0.15, 0.2) is 0 Å². The molecule has 8 heavy (non-hydrogen) atoms. The van der Waals surface area contributed by atoms with E-state index >= 15 is 0 Å². The largest absolute Gasteiger partial charge is 0.378 e. The normalized spacial score (nSPS) is 28.9. The van der Waals surface area contributed by atoms with Crippen molar-refractivity contribution in [3.8, 4) is 0 Å². The number of hydrogen-bond acceptors (Lipinski definition) is 2. The summed E-state index contributed by atoms with van der Waals surface area (Å²) in [6, 6.07) is 0. The van der Waals surface area contributed by atoms with Gasteiger partial charge in [-0.25, -0.2) is 0 Å².